The number of rotatable bonds is 1. The maximum atomic E-state index is 11.1. The monoisotopic (exact) mass is 187 g/mol. The number of hydrogen-bond acceptors (Lipinski definition) is 3. The number of imide groups is 1. The fourth-order valence-corrected chi connectivity index (χ4v) is 1.37. The molecule has 0 spiro atoms. The molecule has 0 saturated carbocycles. The first-order valence-corrected chi connectivity index (χ1v) is 3.74. The number of amides is 2. The molecular weight excluding hydrogens is 178 g/mol. The highest BCUT2D eigenvalue weighted by Gasteiger charge is 2.44. The lowest BCUT2D eigenvalue weighted by molar-refractivity contribution is -0.145. The van der Waals surface area contributed by atoms with Crippen LogP contribution in [0.4, 0.5) is 4.79 Å². The molecule has 1 fully saturated rings. The standard InChI is InChI=1S/C7H9NO5/c1-3-2-4(6(10)11)8(5(3)9)7(12)13/h3-4H,2H2,1H3,(H,10,11)(H,12,13). The Balaban J connectivity index is 2.93. The van der Waals surface area contributed by atoms with Gasteiger partial charge in [-0.15, -0.1) is 0 Å². The Morgan fingerprint density at radius 1 is 1.46 bits per heavy atom. The van der Waals surface area contributed by atoms with Crippen molar-refractivity contribution in [2.75, 3.05) is 0 Å². The second kappa shape index (κ2) is 3.04. The van der Waals surface area contributed by atoms with Gasteiger partial charge in [-0.1, -0.05) is 6.92 Å². The molecule has 0 bridgehead atoms. The van der Waals surface area contributed by atoms with Crippen LogP contribution in [0.3, 0.4) is 0 Å². The van der Waals surface area contributed by atoms with E-state index in [0.29, 0.717) is 4.90 Å². The molecule has 2 atom stereocenters. The van der Waals surface area contributed by atoms with E-state index in [4.69, 9.17) is 10.2 Å². The van der Waals surface area contributed by atoms with Crippen LogP contribution in [0, 0.1) is 5.92 Å². The zero-order valence-corrected chi connectivity index (χ0v) is 6.93. The molecule has 1 saturated heterocycles. The molecule has 6 nitrogen and oxygen atoms in total. The molecule has 1 heterocycles. The van der Waals surface area contributed by atoms with Gasteiger partial charge < -0.3 is 10.2 Å². The highest BCUT2D eigenvalue weighted by atomic mass is 16.4. The minimum absolute atomic E-state index is 0.0560. The first kappa shape index (κ1) is 9.50. The number of carboxylic acid groups (broad SMARTS) is 2. The largest absolute Gasteiger partial charge is 0.480 e. The van der Waals surface area contributed by atoms with Gasteiger partial charge in [-0.2, -0.15) is 0 Å². The van der Waals surface area contributed by atoms with Gasteiger partial charge in [0.1, 0.15) is 6.04 Å². The van der Waals surface area contributed by atoms with E-state index in [9.17, 15) is 14.4 Å². The van der Waals surface area contributed by atoms with Gasteiger partial charge in [0.15, 0.2) is 0 Å². The van der Waals surface area contributed by atoms with Crippen molar-refractivity contribution in [1.29, 1.82) is 0 Å². The van der Waals surface area contributed by atoms with Gasteiger partial charge in [0.25, 0.3) is 0 Å². The maximum Gasteiger partial charge on any atom is 0.414 e. The topological polar surface area (TPSA) is 94.9 Å². The van der Waals surface area contributed by atoms with Crippen molar-refractivity contribution in [3.63, 3.8) is 0 Å². The van der Waals surface area contributed by atoms with E-state index in [0.717, 1.165) is 0 Å². The van der Waals surface area contributed by atoms with Crippen LogP contribution in [-0.2, 0) is 9.59 Å². The number of carbonyl (C=O) groups excluding carboxylic acids is 1. The van der Waals surface area contributed by atoms with E-state index < -0.39 is 29.9 Å². The summed E-state index contributed by atoms with van der Waals surface area (Å²) in [5.41, 5.74) is 0. The van der Waals surface area contributed by atoms with Gasteiger partial charge in [0.05, 0.1) is 0 Å². The molecule has 1 rings (SSSR count). The summed E-state index contributed by atoms with van der Waals surface area (Å²) in [4.78, 5) is 32.6. The minimum Gasteiger partial charge on any atom is -0.480 e. The van der Waals surface area contributed by atoms with Crippen LogP contribution in [0.2, 0.25) is 0 Å². The molecule has 0 aromatic carbocycles. The summed E-state index contributed by atoms with van der Waals surface area (Å²) in [6.45, 7) is 1.52. The van der Waals surface area contributed by atoms with Crippen LogP contribution in [-0.4, -0.2) is 39.1 Å². The van der Waals surface area contributed by atoms with Crippen LogP contribution in [0.5, 0.6) is 0 Å². The lowest BCUT2D eigenvalue weighted by atomic mass is 10.1. The molecule has 0 radical (unpaired) electrons. The van der Waals surface area contributed by atoms with E-state index in [1.165, 1.54) is 6.92 Å². The summed E-state index contributed by atoms with van der Waals surface area (Å²) >= 11 is 0. The summed E-state index contributed by atoms with van der Waals surface area (Å²) < 4.78 is 0. The number of carbonyl (C=O) groups is 3. The van der Waals surface area contributed by atoms with Crippen LogP contribution in [0.15, 0.2) is 0 Å². The van der Waals surface area contributed by atoms with Gasteiger partial charge >= 0.3 is 12.1 Å². The van der Waals surface area contributed by atoms with Crippen LogP contribution >= 0.6 is 0 Å². The average molecular weight is 187 g/mol. The molecule has 72 valence electrons. The van der Waals surface area contributed by atoms with Crippen LogP contribution < -0.4 is 0 Å². The Morgan fingerprint density at radius 2 is 2.00 bits per heavy atom. The third-order valence-corrected chi connectivity index (χ3v) is 2.04. The van der Waals surface area contributed by atoms with Crippen molar-refractivity contribution in [3.05, 3.63) is 0 Å². The van der Waals surface area contributed by atoms with Crippen LogP contribution in [0.25, 0.3) is 0 Å². The van der Waals surface area contributed by atoms with E-state index in [-0.39, 0.29) is 6.42 Å². The summed E-state index contributed by atoms with van der Waals surface area (Å²) in [5.74, 6) is -2.45. The fourth-order valence-electron chi connectivity index (χ4n) is 1.37. The highest BCUT2D eigenvalue weighted by Crippen LogP contribution is 2.24. The Hall–Kier alpha value is -1.59. The molecule has 2 N–H and O–H groups in total. The number of hydrogen-bond donors (Lipinski definition) is 2. The van der Waals surface area contributed by atoms with Crippen molar-refractivity contribution < 1.29 is 24.6 Å². The van der Waals surface area contributed by atoms with E-state index >= 15 is 0 Å². The molecule has 2 amide bonds. The normalized spacial score (nSPS) is 27.8. The first-order chi connectivity index (χ1) is 5.95. The molecule has 0 aromatic heterocycles. The molecular formula is C7H9NO5. The van der Waals surface area contributed by atoms with E-state index in [1.807, 2.05) is 0 Å². The molecule has 1 aliphatic heterocycles. The summed E-state index contributed by atoms with van der Waals surface area (Å²) in [6, 6.07) is -1.22. The van der Waals surface area contributed by atoms with Crippen LogP contribution in [0.1, 0.15) is 13.3 Å². The fraction of sp³-hybridized carbons (Fsp3) is 0.571. The molecule has 0 aliphatic carbocycles. The van der Waals surface area contributed by atoms with Gasteiger partial charge in [0, 0.05) is 5.92 Å². The zero-order chi connectivity index (χ0) is 10.2. The molecule has 2 unspecified atom stereocenters. The Labute approximate surface area is 73.8 Å². The Kier molecular flexibility index (Phi) is 2.22. The Bertz CT molecular complexity index is 274. The van der Waals surface area contributed by atoms with Crippen molar-refractivity contribution in [3.8, 4) is 0 Å². The SMILES string of the molecule is CC1CC(C(=O)O)N(C(=O)O)C1=O. The minimum atomic E-state index is -1.50. The summed E-state index contributed by atoms with van der Waals surface area (Å²) in [7, 11) is 0. The van der Waals surface area contributed by atoms with Gasteiger partial charge in [-0.05, 0) is 6.42 Å². The van der Waals surface area contributed by atoms with Gasteiger partial charge in [0.2, 0.25) is 5.91 Å². The first-order valence-electron chi connectivity index (χ1n) is 3.74. The van der Waals surface area contributed by atoms with Gasteiger partial charge in [-0.3, -0.25) is 4.79 Å². The summed E-state index contributed by atoms with van der Waals surface area (Å²) in [6.07, 6.45) is -1.44. The molecule has 0 aromatic rings. The van der Waals surface area contributed by atoms with Crippen molar-refractivity contribution >= 4 is 18.0 Å². The van der Waals surface area contributed by atoms with E-state index in [2.05, 4.69) is 0 Å². The second-order valence-electron chi connectivity index (χ2n) is 2.98. The third-order valence-electron chi connectivity index (χ3n) is 2.04. The second-order valence-corrected chi connectivity index (χ2v) is 2.98. The average Bonchev–Trinajstić information content (AvgIpc) is 2.28. The predicted octanol–water partition coefficient (Wildman–Crippen LogP) is -0.0140. The third kappa shape index (κ3) is 1.47. The van der Waals surface area contributed by atoms with E-state index in [1.54, 1.807) is 0 Å². The number of likely N-dealkylation sites (tertiary alicyclic amines) is 1. The smallest absolute Gasteiger partial charge is 0.414 e. The molecule has 1 aliphatic rings. The predicted molar refractivity (Wildman–Crippen MR) is 40.1 cm³/mol. The van der Waals surface area contributed by atoms with Crippen molar-refractivity contribution in [1.82, 2.24) is 4.90 Å². The summed E-state index contributed by atoms with van der Waals surface area (Å²) in [5, 5.41) is 17.2. The lowest BCUT2D eigenvalue weighted by Gasteiger charge is -2.14. The number of carboxylic acids is 1. The van der Waals surface area contributed by atoms with Crippen molar-refractivity contribution in [2.24, 2.45) is 5.92 Å². The quantitative estimate of drug-likeness (QED) is 0.601. The van der Waals surface area contributed by atoms with Gasteiger partial charge in [-0.25, -0.2) is 14.5 Å². The lowest BCUT2D eigenvalue weighted by Crippen LogP contribution is -2.42. The molecule has 13 heavy (non-hydrogen) atoms. The highest BCUT2D eigenvalue weighted by molar-refractivity contribution is 5.99. The van der Waals surface area contributed by atoms with Crippen molar-refractivity contribution in [2.45, 2.75) is 19.4 Å². The number of aliphatic carboxylic acids is 1. The molecule has 6 heteroatoms. The Morgan fingerprint density at radius 3 is 2.31 bits per heavy atom. The maximum absolute atomic E-state index is 11.1. The zero-order valence-electron chi connectivity index (χ0n) is 6.93. The number of nitrogens with zero attached hydrogens (tertiary/aromatic N) is 1.